The lowest BCUT2D eigenvalue weighted by Crippen LogP contribution is -2.20. The molecule has 0 heterocycles. The van der Waals surface area contributed by atoms with Crippen molar-refractivity contribution >= 4 is 15.9 Å². The zero-order valence-corrected chi connectivity index (χ0v) is 13.4. The number of likely N-dealkylation sites (N-methyl/N-ethyl adjacent to an activating group) is 1. The summed E-state index contributed by atoms with van der Waals surface area (Å²) in [7, 11) is 3.33. The Morgan fingerprint density at radius 1 is 1.19 bits per heavy atom. The molecule has 21 heavy (non-hydrogen) atoms. The van der Waals surface area contributed by atoms with Gasteiger partial charge >= 0.3 is 0 Å². The van der Waals surface area contributed by atoms with Gasteiger partial charge in [-0.05, 0) is 37.7 Å². The summed E-state index contributed by atoms with van der Waals surface area (Å²) in [5, 5.41) is 3.09. The molecule has 0 aromatic heterocycles. The summed E-state index contributed by atoms with van der Waals surface area (Å²) in [5.41, 5.74) is 0.924. The van der Waals surface area contributed by atoms with Gasteiger partial charge in [0.05, 0.1) is 7.11 Å². The standard InChI is InChI=1S/C16H16BrF2NO/c1-20-15(9-12-13(18)4-3-5-14(12)19)11-7-6-10(17)8-16(11)21-2/h3-8,15,20H,9H2,1-2H3. The number of rotatable bonds is 5. The molecule has 0 amide bonds. The molecule has 0 fully saturated rings. The van der Waals surface area contributed by atoms with Crippen LogP contribution in [0.25, 0.3) is 0 Å². The first-order chi connectivity index (χ1) is 10.1. The van der Waals surface area contributed by atoms with E-state index in [1.165, 1.54) is 18.2 Å². The van der Waals surface area contributed by atoms with Crippen LogP contribution in [0.15, 0.2) is 40.9 Å². The first-order valence-electron chi connectivity index (χ1n) is 6.50. The van der Waals surface area contributed by atoms with Gasteiger partial charge in [0.25, 0.3) is 0 Å². The highest BCUT2D eigenvalue weighted by Crippen LogP contribution is 2.31. The Balaban J connectivity index is 2.37. The molecule has 0 bridgehead atoms. The van der Waals surface area contributed by atoms with E-state index >= 15 is 0 Å². The number of benzene rings is 2. The van der Waals surface area contributed by atoms with Crippen molar-refractivity contribution in [3.63, 3.8) is 0 Å². The Labute approximate surface area is 131 Å². The average molecular weight is 356 g/mol. The van der Waals surface area contributed by atoms with Crippen LogP contribution in [0, 0.1) is 11.6 Å². The highest BCUT2D eigenvalue weighted by Gasteiger charge is 2.19. The fourth-order valence-electron chi connectivity index (χ4n) is 2.27. The summed E-state index contributed by atoms with van der Waals surface area (Å²) in [6.07, 6.45) is 0.201. The number of hydrogen-bond donors (Lipinski definition) is 1. The Morgan fingerprint density at radius 3 is 2.43 bits per heavy atom. The van der Waals surface area contributed by atoms with Gasteiger partial charge in [0.1, 0.15) is 17.4 Å². The fraction of sp³-hybridized carbons (Fsp3) is 0.250. The molecule has 1 atom stereocenters. The minimum Gasteiger partial charge on any atom is -0.496 e. The lowest BCUT2D eigenvalue weighted by molar-refractivity contribution is 0.399. The van der Waals surface area contributed by atoms with E-state index < -0.39 is 11.6 Å². The van der Waals surface area contributed by atoms with Gasteiger partial charge in [0.2, 0.25) is 0 Å². The van der Waals surface area contributed by atoms with Gasteiger partial charge in [-0.1, -0.05) is 28.1 Å². The molecule has 5 heteroatoms. The third-order valence-electron chi connectivity index (χ3n) is 3.39. The minimum absolute atomic E-state index is 0.0711. The summed E-state index contributed by atoms with van der Waals surface area (Å²) < 4.78 is 33.8. The van der Waals surface area contributed by atoms with Crippen LogP contribution in [0.4, 0.5) is 8.78 Å². The van der Waals surface area contributed by atoms with Crippen molar-refractivity contribution in [1.29, 1.82) is 0 Å². The zero-order valence-electron chi connectivity index (χ0n) is 11.8. The summed E-state index contributed by atoms with van der Waals surface area (Å²) in [6, 6.07) is 9.23. The monoisotopic (exact) mass is 355 g/mol. The fourth-order valence-corrected chi connectivity index (χ4v) is 2.61. The molecule has 0 aliphatic carbocycles. The van der Waals surface area contributed by atoms with Crippen LogP contribution in [-0.4, -0.2) is 14.2 Å². The van der Waals surface area contributed by atoms with Gasteiger partial charge in [0.15, 0.2) is 0 Å². The molecule has 0 aliphatic heterocycles. The van der Waals surface area contributed by atoms with Gasteiger partial charge in [-0.15, -0.1) is 0 Å². The van der Waals surface area contributed by atoms with Crippen LogP contribution in [0.3, 0.4) is 0 Å². The van der Waals surface area contributed by atoms with E-state index in [9.17, 15) is 8.78 Å². The van der Waals surface area contributed by atoms with Crippen LogP contribution in [-0.2, 0) is 6.42 Å². The molecule has 112 valence electrons. The molecule has 0 spiro atoms. The Morgan fingerprint density at radius 2 is 1.86 bits per heavy atom. The number of hydrogen-bond acceptors (Lipinski definition) is 2. The van der Waals surface area contributed by atoms with Crippen molar-refractivity contribution < 1.29 is 13.5 Å². The highest BCUT2D eigenvalue weighted by molar-refractivity contribution is 9.10. The van der Waals surface area contributed by atoms with E-state index in [0.29, 0.717) is 5.75 Å². The molecule has 0 saturated heterocycles. The maximum atomic E-state index is 13.8. The van der Waals surface area contributed by atoms with Crippen LogP contribution in [0.1, 0.15) is 17.2 Å². The molecule has 0 aliphatic rings. The summed E-state index contributed by atoms with van der Waals surface area (Å²) >= 11 is 3.38. The van der Waals surface area contributed by atoms with E-state index in [0.717, 1.165) is 10.0 Å². The molecule has 2 rings (SSSR count). The molecular weight excluding hydrogens is 340 g/mol. The van der Waals surface area contributed by atoms with Crippen LogP contribution >= 0.6 is 15.9 Å². The second kappa shape index (κ2) is 7.00. The summed E-state index contributed by atoms with van der Waals surface area (Å²) in [4.78, 5) is 0. The van der Waals surface area contributed by atoms with Crippen molar-refractivity contribution in [3.05, 3.63) is 63.6 Å². The van der Waals surface area contributed by atoms with Gasteiger partial charge in [-0.3, -0.25) is 0 Å². The SMILES string of the molecule is CNC(Cc1c(F)cccc1F)c1ccc(Br)cc1OC. The highest BCUT2D eigenvalue weighted by atomic mass is 79.9. The third-order valence-corrected chi connectivity index (χ3v) is 3.88. The number of ether oxygens (including phenoxy) is 1. The second-order valence-electron chi connectivity index (χ2n) is 4.63. The zero-order chi connectivity index (χ0) is 15.4. The summed E-state index contributed by atoms with van der Waals surface area (Å²) in [5.74, 6) is -0.405. The molecule has 2 nitrogen and oxygen atoms in total. The lowest BCUT2D eigenvalue weighted by atomic mass is 9.97. The topological polar surface area (TPSA) is 21.3 Å². The lowest BCUT2D eigenvalue weighted by Gasteiger charge is -2.20. The normalized spacial score (nSPS) is 12.2. The first-order valence-corrected chi connectivity index (χ1v) is 7.29. The molecule has 2 aromatic carbocycles. The molecule has 2 aromatic rings. The van der Waals surface area contributed by atoms with Crippen molar-refractivity contribution in [2.45, 2.75) is 12.5 Å². The van der Waals surface area contributed by atoms with Crippen LogP contribution in [0.2, 0.25) is 0 Å². The van der Waals surface area contributed by atoms with Crippen molar-refractivity contribution in [2.24, 2.45) is 0 Å². The minimum atomic E-state index is -0.536. The first kappa shape index (κ1) is 15.9. The van der Waals surface area contributed by atoms with Crippen molar-refractivity contribution in [3.8, 4) is 5.75 Å². The molecule has 1 unspecified atom stereocenters. The van der Waals surface area contributed by atoms with Crippen molar-refractivity contribution in [1.82, 2.24) is 5.32 Å². The maximum Gasteiger partial charge on any atom is 0.129 e. The van der Waals surface area contributed by atoms with Gasteiger partial charge in [0, 0.05) is 21.6 Å². The summed E-state index contributed by atoms with van der Waals surface area (Å²) in [6.45, 7) is 0. The average Bonchev–Trinajstić information content (AvgIpc) is 2.47. The van der Waals surface area contributed by atoms with Crippen LogP contribution in [0.5, 0.6) is 5.75 Å². The molecular formula is C16H16BrF2NO. The predicted molar refractivity (Wildman–Crippen MR) is 82.6 cm³/mol. The predicted octanol–water partition coefficient (Wildman–Crippen LogP) is 4.24. The largest absolute Gasteiger partial charge is 0.496 e. The quantitative estimate of drug-likeness (QED) is 0.865. The van der Waals surface area contributed by atoms with E-state index in [1.54, 1.807) is 14.2 Å². The van der Waals surface area contributed by atoms with Crippen LogP contribution < -0.4 is 10.1 Å². The van der Waals surface area contributed by atoms with E-state index in [4.69, 9.17) is 4.74 Å². The van der Waals surface area contributed by atoms with Gasteiger partial charge in [-0.2, -0.15) is 0 Å². The van der Waals surface area contributed by atoms with E-state index in [2.05, 4.69) is 21.2 Å². The molecule has 0 saturated carbocycles. The number of nitrogens with one attached hydrogen (secondary N) is 1. The van der Waals surface area contributed by atoms with Gasteiger partial charge < -0.3 is 10.1 Å². The smallest absolute Gasteiger partial charge is 0.129 e. The number of halogens is 3. The third kappa shape index (κ3) is 3.60. The van der Waals surface area contributed by atoms with Gasteiger partial charge in [-0.25, -0.2) is 8.78 Å². The van der Waals surface area contributed by atoms with E-state index in [-0.39, 0.29) is 18.0 Å². The maximum absolute atomic E-state index is 13.8. The molecule has 0 radical (unpaired) electrons. The van der Waals surface area contributed by atoms with Crippen molar-refractivity contribution in [2.75, 3.05) is 14.2 Å². The second-order valence-corrected chi connectivity index (χ2v) is 5.55. The number of methoxy groups -OCH3 is 1. The van der Waals surface area contributed by atoms with E-state index in [1.807, 2.05) is 18.2 Å². The Kier molecular flexibility index (Phi) is 5.31. The Hall–Kier alpha value is -1.46. The Bertz CT molecular complexity index is 613. The molecule has 1 N–H and O–H groups in total.